The predicted molar refractivity (Wildman–Crippen MR) is 65.9 cm³/mol. The molecule has 0 radical (unpaired) electrons. The summed E-state index contributed by atoms with van der Waals surface area (Å²) in [6.45, 7) is 5.39. The molecule has 98 valence electrons. The first-order valence-corrected chi connectivity index (χ1v) is 6.11. The van der Waals surface area contributed by atoms with Crippen molar-refractivity contribution in [2.24, 2.45) is 0 Å². The third kappa shape index (κ3) is 3.67. The molecule has 0 spiro atoms. The lowest BCUT2D eigenvalue weighted by Crippen LogP contribution is -2.37. The van der Waals surface area contributed by atoms with Crippen LogP contribution in [0.1, 0.15) is 32.6 Å². The third-order valence-corrected chi connectivity index (χ3v) is 2.75. The molecule has 0 atom stereocenters. The van der Waals surface area contributed by atoms with Crippen molar-refractivity contribution in [1.82, 2.24) is 15.5 Å². The summed E-state index contributed by atoms with van der Waals surface area (Å²) in [6, 6.07) is 0.822. The van der Waals surface area contributed by atoms with E-state index in [1.54, 1.807) is 0 Å². The molecule has 6 nitrogen and oxygen atoms in total. The molecule has 0 saturated carbocycles. The topological polar surface area (TPSA) is 74.4 Å². The van der Waals surface area contributed by atoms with Gasteiger partial charge in [-0.2, -0.15) is 0 Å². The molecule has 1 heterocycles. The smallest absolute Gasteiger partial charge is 0.318 e. The number of anilines is 1. The molecule has 0 aliphatic carbocycles. The van der Waals surface area contributed by atoms with Gasteiger partial charge in [0.25, 0.3) is 0 Å². The summed E-state index contributed by atoms with van der Waals surface area (Å²) >= 11 is 0. The molecule has 0 fully saturated rings. The molecular weight excluding hydrogens is 220 g/mol. The van der Waals surface area contributed by atoms with E-state index in [1.165, 1.54) is 0 Å². The molecule has 0 unspecified atom stereocenters. The molecule has 0 bridgehead atoms. The van der Waals surface area contributed by atoms with Gasteiger partial charge in [-0.15, -0.1) is 5.10 Å². The highest BCUT2D eigenvalue weighted by Crippen LogP contribution is 2.18. The Morgan fingerprint density at radius 1 is 1.35 bits per heavy atom. The number of hydrogen-bond donors (Lipinski definition) is 2. The molecule has 0 amide bonds. The zero-order valence-electron chi connectivity index (χ0n) is 10.8. The predicted octanol–water partition coefficient (Wildman–Crippen LogP) is 0.776. The molecule has 6 heteroatoms. The Hall–Kier alpha value is -1.14. The summed E-state index contributed by atoms with van der Waals surface area (Å²) in [5.74, 6) is 0.566. The number of nitrogens with one attached hydrogen (secondary N) is 1. The highest BCUT2D eigenvalue weighted by Gasteiger charge is 2.20. The van der Waals surface area contributed by atoms with E-state index in [0.29, 0.717) is 31.0 Å². The maximum Gasteiger partial charge on any atom is 0.318 e. The maximum absolute atomic E-state index is 9.10. The Morgan fingerprint density at radius 2 is 2.06 bits per heavy atom. The summed E-state index contributed by atoms with van der Waals surface area (Å²) in [7, 11) is 1.83. The van der Waals surface area contributed by atoms with Crippen molar-refractivity contribution < 1.29 is 9.52 Å². The first-order valence-electron chi connectivity index (χ1n) is 6.11. The normalized spacial score (nSPS) is 11.1. The first kappa shape index (κ1) is 13.9. The van der Waals surface area contributed by atoms with E-state index in [4.69, 9.17) is 9.52 Å². The second-order valence-electron chi connectivity index (χ2n) is 3.90. The Kier molecular flexibility index (Phi) is 5.93. The lowest BCUT2D eigenvalue weighted by molar-refractivity contribution is 0.290. The van der Waals surface area contributed by atoms with Gasteiger partial charge in [0.1, 0.15) is 0 Å². The van der Waals surface area contributed by atoms with Crippen molar-refractivity contribution in [3.63, 3.8) is 0 Å². The van der Waals surface area contributed by atoms with Gasteiger partial charge in [-0.25, -0.2) is 0 Å². The average Bonchev–Trinajstić information content (AvgIpc) is 2.78. The van der Waals surface area contributed by atoms with E-state index < -0.39 is 0 Å². The molecule has 1 aromatic heterocycles. The highest BCUT2D eigenvalue weighted by atomic mass is 16.4. The van der Waals surface area contributed by atoms with Crippen LogP contribution in [0.4, 0.5) is 6.01 Å². The average molecular weight is 242 g/mol. The van der Waals surface area contributed by atoms with Crippen LogP contribution in [0.15, 0.2) is 4.42 Å². The highest BCUT2D eigenvalue weighted by molar-refractivity contribution is 5.26. The van der Waals surface area contributed by atoms with E-state index in [1.807, 2.05) is 11.9 Å². The molecule has 0 saturated heterocycles. The number of hydrogen-bond acceptors (Lipinski definition) is 6. The molecule has 0 aliphatic heterocycles. The van der Waals surface area contributed by atoms with E-state index in [0.717, 1.165) is 12.8 Å². The summed E-state index contributed by atoms with van der Waals surface area (Å²) in [5.41, 5.74) is 0. The van der Waals surface area contributed by atoms with Crippen LogP contribution in [0.3, 0.4) is 0 Å². The fourth-order valence-electron chi connectivity index (χ4n) is 1.86. The van der Waals surface area contributed by atoms with Crippen LogP contribution in [0.2, 0.25) is 0 Å². The van der Waals surface area contributed by atoms with Gasteiger partial charge in [0.05, 0.1) is 13.2 Å². The standard InChI is InChI=1S/C11H22N4O2/c1-4-9(5-2)15(6-7-16)11-14-13-10(17-11)8-12-3/h9,12,16H,4-8H2,1-3H3. The Balaban J connectivity index is 2.80. The number of rotatable bonds is 8. The number of aromatic nitrogens is 2. The van der Waals surface area contributed by atoms with Gasteiger partial charge >= 0.3 is 6.01 Å². The Labute approximate surface area is 102 Å². The SMILES string of the molecule is CCC(CC)N(CCO)c1nnc(CNC)o1. The van der Waals surface area contributed by atoms with Crippen molar-refractivity contribution >= 4 is 6.01 Å². The second-order valence-corrected chi connectivity index (χ2v) is 3.90. The second kappa shape index (κ2) is 7.24. The van der Waals surface area contributed by atoms with Crippen LogP contribution in [0, 0.1) is 0 Å². The molecule has 0 aliphatic rings. The number of aliphatic hydroxyl groups excluding tert-OH is 1. The van der Waals surface area contributed by atoms with Gasteiger partial charge in [-0.3, -0.25) is 0 Å². The van der Waals surface area contributed by atoms with Crippen LogP contribution in [0.25, 0.3) is 0 Å². The van der Waals surface area contributed by atoms with Crippen molar-refractivity contribution in [2.45, 2.75) is 39.3 Å². The molecule has 1 rings (SSSR count). The van der Waals surface area contributed by atoms with E-state index in [-0.39, 0.29) is 6.61 Å². The fourth-order valence-corrected chi connectivity index (χ4v) is 1.86. The Morgan fingerprint density at radius 3 is 2.59 bits per heavy atom. The van der Waals surface area contributed by atoms with Crippen molar-refractivity contribution in [3.8, 4) is 0 Å². The maximum atomic E-state index is 9.10. The van der Waals surface area contributed by atoms with Crippen LogP contribution in [0.5, 0.6) is 0 Å². The minimum atomic E-state index is 0.0836. The van der Waals surface area contributed by atoms with Crippen molar-refractivity contribution in [1.29, 1.82) is 0 Å². The Bertz CT molecular complexity index is 312. The molecular formula is C11H22N4O2. The molecule has 2 N–H and O–H groups in total. The first-order chi connectivity index (χ1) is 8.26. The van der Waals surface area contributed by atoms with Crippen LogP contribution < -0.4 is 10.2 Å². The zero-order valence-corrected chi connectivity index (χ0v) is 10.8. The number of nitrogens with zero attached hydrogens (tertiary/aromatic N) is 3. The van der Waals surface area contributed by atoms with Gasteiger partial charge in [0.15, 0.2) is 0 Å². The summed E-state index contributed by atoms with van der Waals surface area (Å²) in [6.07, 6.45) is 1.97. The van der Waals surface area contributed by atoms with Crippen LogP contribution in [-0.4, -0.2) is 41.5 Å². The van der Waals surface area contributed by atoms with Gasteiger partial charge in [-0.05, 0) is 19.9 Å². The quantitative estimate of drug-likeness (QED) is 0.701. The summed E-state index contributed by atoms with van der Waals surface area (Å²) in [5, 5.41) is 20.1. The fraction of sp³-hybridized carbons (Fsp3) is 0.818. The van der Waals surface area contributed by atoms with Crippen LogP contribution >= 0.6 is 0 Å². The third-order valence-electron chi connectivity index (χ3n) is 2.75. The minimum Gasteiger partial charge on any atom is -0.407 e. The minimum absolute atomic E-state index is 0.0836. The zero-order chi connectivity index (χ0) is 12.7. The van der Waals surface area contributed by atoms with E-state index >= 15 is 0 Å². The lowest BCUT2D eigenvalue weighted by Gasteiger charge is -2.27. The van der Waals surface area contributed by atoms with Gasteiger partial charge in [0, 0.05) is 12.6 Å². The van der Waals surface area contributed by atoms with E-state index in [2.05, 4.69) is 29.4 Å². The largest absolute Gasteiger partial charge is 0.407 e. The molecule has 0 aromatic carbocycles. The summed E-state index contributed by atoms with van der Waals surface area (Å²) in [4.78, 5) is 1.98. The van der Waals surface area contributed by atoms with Gasteiger partial charge in [0.2, 0.25) is 5.89 Å². The van der Waals surface area contributed by atoms with Gasteiger partial charge < -0.3 is 19.7 Å². The van der Waals surface area contributed by atoms with E-state index in [9.17, 15) is 0 Å². The van der Waals surface area contributed by atoms with Crippen molar-refractivity contribution in [3.05, 3.63) is 5.89 Å². The molecule has 17 heavy (non-hydrogen) atoms. The van der Waals surface area contributed by atoms with Crippen molar-refractivity contribution in [2.75, 3.05) is 25.1 Å². The van der Waals surface area contributed by atoms with Crippen LogP contribution in [-0.2, 0) is 6.54 Å². The molecule has 1 aromatic rings. The summed E-state index contributed by atoms with van der Waals surface area (Å²) < 4.78 is 5.55. The van der Waals surface area contributed by atoms with Gasteiger partial charge in [-0.1, -0.05) is 18.9 Å². The monoisotopic (exact) mass is 242 g/mol. The lowest BCUT2D eigenvalue weighted by atomic mass is 10.1. The number of aliphatic hydroxyl groups is 1.